The molecule has 0 spiro atoms. The number of nitrogens with two attached hydrogens (primary N) is 1. The summed E-state index contributed by atoms with van der Waals surface area (Å²) < 4.78 is 28.5. The highest BCUT2D eigenvalue weighted by atomic mass is 32.1. The van der Waals surface area contributed by atoms with Gasteiger partial charge in [0.2, 0.25) is 17.4 Å². The molecule has 2 N–H and O–H groups in total. The smallest absolute Gasteiger partial charge is 0.344 e. The molecule has 1 aliphatic heterocycles. The molecule has 1 aromatic heterocycles. The Balaban J connectivity index is 1.72. The fourth-order valence-electron chi connectivity index (χ4n) is 4.78. The molecule has 0 saturated heterocycles. The highest BCUT2D eigenvalue weighted by Crippen LogP contribution is 2.53. The van der Waals surface area contributed by atoms with Crippen molar-refractivity contribution in [1.82, 2.24) is 0 Å². The largest absolute Gasteiger partial charge is 0.493 e. The van der Waals surface area contributed by atoms with Crippen molar-refractivity contribution < 1.29 is 33.4 Å². The number of benzene rings is 3. The zero-order valence-electron chi connectivity index (χ0n) is 22.3. The molecule has 0 saturated carbocycles. The molecule has 3 aromatic carbocycles. The minimum absolute atomic E-state index is 0.00888. The van der Waals surface area contributed by atoms with E-state index in [1.165, 1.54) is 50.9 Å². The molecule has 41 heavy (non-hydrogen) atoms. The van der Waals surface area contributed by atoms with Crippen molar-refractivity contribution in [2.45, 2.75) is 12.8 Å². The number of methoxy groups -OCH3 is 3. The van der Waals surface area contributed by atoms with Gasteiger partial charge in [-0.15, -0.1) is 11.3 Å². The zero-order valence-corrected chi connectivity index (χ0v) is 23.2. The third kappa shape index (κ3) is 4.62. The molecule has 0 radical (unpaired) electrons. The van der Waals surface area contributed by atoms with Crippen LogP contribution >= 0.6 is 11.3 Å². The van der Waals surface area contributed by atoms with Crippen LogP contribution < -0.4 is 29.4 Å². The van der Waals surface area contributed by atoms with Crippen molar-refractivity contribution in [1.29, 1.82) is 5.26 Å². The molecule has 0 bridgehead atoms. The Hall–Kier alpha value is -5.28. The maximum Gasteiger partial charge on any atom is 0.344 e. The number of aryl methyl sites for hydroxylation is 1. The number of carbonyl (C=O) groups is 1. The van der Waals surface area contributed by atoms with Crippen LogP contribution in [0.1, 0.15) is 32.3 Å². The van der Waals surface area contributed by atoms with Crippen molar-refractivity contribution in [3.8, 4) is 34.8 Å². The Labute approximate surface area is 238 Å². The number of thiophene rings is 1. The zero-order chi connectivity index (χ0) is 29.4. The van der Waals surface area contributed by atoms with Crippen LogP contribution in [0.15, 0.2) is 60.0 Å². The average Bonchev–Trinajstić information content (AvgIpc) is 3.33. The Morgan fingerprint density at radius 2 is 1.76 bits per heavy atom. The molecular formula is C29H23N3O8S. The Morgan fingerprint density at radius 3 is 2.37 bits per heavy atom. The van der Waals surface area contributed by atoms with E-state index in [2.05, 4.69) is 6.07 Å². The lowest BCUT2D eigenvalue weighted by atomic mass is 9.86. The van der Waals surface area contributed by atoms with Gasteiger partial charge in [-0.25, -0.2) is 4.79 Å². The van der Waals surface area contributed by atoms with E-state index in [-0.39, 0.29) is 45.6 Å². The van der Waals surface area contributed by atoms with Crippen LogP contribution in [-0.4, -0.2) is 32.2 Å². The molecule has 0 aliphatic carbocycles. The summed E-state index contributed by atoms with van der Waals surface area (Å²) >= 11 is 1.36. The molecule has 1 aliphatic rings. The quantitative estimate of drug-likeness (QED) is 0.128. The second-order valence-corrected chi connectivity index (χ2v) is 10.1. The van der Waals surface area contributed by atoms with Crippen LogP contribution in [0.5, 0.6) is 28.7 Å². The average molecular weight is 574 g/mol. The van der Waals surface area contributed by atoms with E-state index in [4.69, 9.17) is 29.4 Å². The first-order chi connectivity index (χ1) is 19.7. The highest BCUT2D eigenvalue weighted by Gasteiger charge is 2.38. The number of esters is 1. The van der Waals surface area contributed by atoms with Crippen LogP contribution in [0.3, 0.4) is 0 Å². The maximum absolute atomic E-state index is 13.5. The summed E-state index contributed by atoms with van der Waals surface area (Å²) in [6, 6.07) is 15.2. The Bertz CT molecular complexity index is 1780. The van der Waals surface area contributed by atoms with E-state index in [0.29, 0.717) is 16.2 Å². The summed E-state index contributed by atoms with van der Waals surface area (Å²) in [6.07, 6.45) is 0. The van der Waals surface area contributed by atoms with Gasteiger partial charge < -0.3 is 29.4 Å². The summed E-state index contributed by atoms with van der Waals surface area (Å²) in [4.78, 5) is 25.7. The Morgan fingerprint density at radius 1 is 1.07 bits per heavy atom. The van der Waals surface area contributed by atoms with Crippen LogP contribution in [0.2, 0.25) is 0 Å². The summed E-state index contributed by atoms with van der Waals surface area (Å²) in [5, 5.41) is 23.1. The first-order valence-corrected chi connectivity index (χ1v) is 12.9. The van der Waals surface area contributed by atoms with Crippen molar-refractivity contribution in [3.05, 3.63) is 91.7 Å². The summed E-state index contributed by atoms with van der Waals surface area (Å²) in [5.74, 6) is -1.20. The summed E-state index contributed by atoms with van der Waals surface area (Å²) in [5.41, 5.74) is 6.52. The number of carbonyl (C=O) groups excluding carboxylic acids is 1. The van der Waals surface area contributed by atoms with E-state index in [0.717, 1.165) is 10.1 Å². The fraction of sp³-hybridized carbons (Fsp3) is 0.172. The predicted molar refractivity (Wildman–Crippen MR) is 150 cm³/mol. The molecular weight excluding hydrogens is 550 g/mol. The standard InChI is InChI=1S/C29H23N3O8S/c1-14-9-17(23-18(13-30)28(31)39-25-16-7-5-6-8-22(16)41-27(23)25)24(19(10-14)32(34)35)40-29(33)15-11-20(36-2)26(38-4)21(12-15)37-3/h5-12,23H,31H2,1-4H3. The number of fused-ring (bicyclic) bond motifs is 3. The maximum atomic E-state index is 13.5. The Kier molecular flexibility index (Phi) is 7.13. The van der Waals surface area contributed by atoms with E-state index >= 15 is 0 Å². The normalized spacial score (nSPS) is 14.1. The first kappa shape index (κ1) is 27.3. The monoisotopic (exact) mass is 573 g/mol. The van der Waals surface area contributed by atoms with E-state index < -0.39 is 22.5 Å². The lowest BCUT2D eigenvalue weighted by molar-refractivity contribution is -0.385. The SMILES string of the molecule is COc1cc(C(=O)Oc2c(C3C(C#N)=C(N)Oc4c3sc3ccccc43)cc(C)cc2[N+](=O)[O-])cc(OC)c1OC. The fourth-order valence-corrected chi connectivity index (χ4v) is 6.05. The number of hydrogen-bond acceptors (Lipinski definition) is 11. The minimum atomic E-state index is -0.920. The molecule has 0 fully saturated rings. The van der Waals surface area contributed by atoms with Crippen LogP contribution in [0, 0.1) is 28.4 Å². The molecule has 5 rings (SSSR count). The molecule has 11 nitrogen and oxygen atoms in total. The van der Waals surface area contributed by atoms with Gasteiger partial charge in [0.1, 0.15) is 11.6 Å². The van der Waals surface area contributed by atoms with E-state index in [9.17, 15) is 20.2 Å². The van der Waals surface area contributed by atoms with Gasteiger partial charge in [0.05, 0.1) is 42.6 Å². The number of allylic oxidation sites excluding steroid dienone is 1. The number of rotatable bonds is 7. The number of nitrogens with zero attached hydrogens (tertiary/aromatic N) is 2. The van der Waals surface area contributed by atoms with Gasteiger partial charge in [0.15, 0.2) is 17.2 Å². The van der Waals surface area contributed by atoms with Crippen LogP contribution in [0.25, 0.3) is 10.1 Å². The highest BCUT2D eigenvalue weighted by molar-refractivity contribution is 7.19. The lowest BCUT2D eigenvalue weighted by Gasteiger charge is -2.25. The second kappa shape index (κ2) is 10.7. The molecule has 1 unspecified atom stereocenters. The van der Waals surface area contributed by atoms with Crippen LogP contribution in [-0.2, 0) is 0 Å². The van der Waals surface area contributed by atoms with Gasteiger partial charge in [0.25, 0.3) is 0 Å². The van der Waals surface area contributed by atoms with Gasteiger partial charge in [-0.1, -0.05) is 18.2 Å². The number of nitriles is 1. The molecule has 4 aromatic rings. The van der Waals surface area contributed by atoms with Crippen molar-refractivity contribution in [2.75, 3.05) is 21.3 Å². The summed E-state index contributed by atoms with van der Waals surface area (Å²) in [6.45, 7) is 1.67. The van der Waals surface area contributed by atoms with Crippen molar-refractivity contribution >= 4 is 33.1 Å². The predicted octanol–water partition coefficient (Wildman–Crippen LogP) is 5.58. The van der Waals surface area contributed by atoms with E-state index in [1.807, 2.05) is 24.3 Å². The minimum Gasteiger partial charge on any atom is -0.493 e. The lowest BCUT2D eigenvalue weighted by Crippen LogP contribution is -2.21. The molecule has 12 heteroatoms. The first-order valence-electron chi connectivity index (χ1n) is 12.1. The van der Waals surface area contributed by atoms with E-state index in [1.54, 1.807) is 13.0 Å². The molecule has 2 heterocycles. The number of ether oxygens (including phenoxy) is 5. The van der Waals surface area contributed by atoms with Crippen molar-refractivity contribution in [2.24, 2.45) is 5.73 Å². The van der Waals surface area contributed by atoms with Gasteiger partial charge in [-0.2, -0.15) is 5.26 Å². The van der Waals surface area contributed by atoms with Crippen LogP contribution in [0.4, 0.5) is 5.69 Å². The molecule has 1 atom stereocenters. The molecule has 208 valence electrons. The van der Waals surface area contributed by atoms with Crippen molar-refractivity contribution in [3.63, 3.8) is 0 Å². The number of nitro benzene ring substituents is 1. The number of nitro groups is 1. The van der Waals surface area contributed by atoms with Gasteiger partial charge >= 0.3 is 11.7 Å². The number of hydrogen-bond donors (Lipinski definition) is 1. The molecule has 0 amide bonds. The third-order valence-electron chi connectivity index (χ3n) is 6.57. The summed E-state index contributed by atoms with van der Waals surface area (Å²) in [7, 11) is 4.20. The van der Waals surface area contributed by atoms with Gasteiger partial charge in [0, 0.05) is 21.7 Å². The second-order valence-electron chi connectivity index (χ2n) is 8.98. The van der Waals surface area contributed by atoms with Gasteiger partial charge in [-0.3, -0.25) is 10.1 Å². The topological polar surface area (TPSA) is 156 Å². The third-order valence-corrected chi connectivity index (χ3v) is 7.79. The van der Waals surface area contributed by atoms with Gasteiger partial charge in [-0.05, 0) is 36.8 Å².